The molecule has 0 spiro atoms. The van der Waals surface area contributed by atoms with E-state index in [1.807, 2.05) is 12.2 Å². The van der Waals surface area contributed by atoms with Gasteiger partial charge < -0.3 is 4.79 Å². The van der Waals surface area contributed by atoms with Gasteiger partial charge in [0.2, 0.25) is 0 Å². The molecule has 0 saturated carbocycles. The third kappa shape index (κ3) is 4.63. The summed E-state index contributed by atoms with van der Waals surface area (Å²) in [6.07, 6.45) is 4.72. The van der Waals surface area contributed by atoms with Gasteiger partial charge in [0, 0.05) is 5.33 Å². The monoisotopic (exact) mass is 332 g/mol. The van der Waals surface area contributed by atoms with Crippen LogP contribution in [0.3, 0.4) is 0 Å². The van der Waals surface area contributed by atoms with E-state index in [0.29, 0.717) is 0 Å². The molecule has 0 saturated heterocycles. The molecule has 0 aliphatic carbocycles. The lowest BCUT2D eigenvalue weighted by molar-refractivity contribution is -0.107. The molecule has 4 heteroatoms. The molecule has 1 nitrogen and oxygen atoms in total. The molecule has 0 aliphatic heterocycles. The summed E-state index contributed by atoms with van der Waals surface area (Å²) in [7, 11) is 0. The third-order valence-corrected chi connectivity index (χ3v) is 3.59. The number of carbonyl (C=O) groups excluding carboxylic acids is 1. The van der Waals surface area contributed by atoms with Crippen LogP contribution in [0.4, 0.5) is 0 Å². The van der Waals surface area contributed by atoms with E-state index in [9.17, 15) is 4.79 Å². The van der Waals surface area contributed by atoms with E-state index in [2.05, 4.69) is 47.8 Å². The van der Waals surface area contributed by atoms with Crippen molar-refractivity contribution >= 4 is 54.1 Å². The Kier molecular flexibility index (Phi) is 7.11. The molecular weight excluding hydrogens is 328 g/mol. The van der Waals surface area contributed by atoms with Gasteiger partial charge in [-0.3, -0.25) is 0 Å². The zero-order valence-electron chi connectivity index (χ0n) is 5.14. The van der Waals surface area contributed by atoms with Crippen LogP contribution in [0, 0.1) is 0 Å². The maximum Gasteiger partial charge on any atom is 0.135 e. The van der Waals surface area contributed by atoms with E-state index in [4.69, 9.17) is 0 Å². The summed E-state index contributed by atoms with van der Waals surface area (Å²) >= 11 is 9.75. The van der Waals surface area contributed by atoms with Gasteiger partial charge in [0.25, 0.3) is 0 Å². The Morgan fingerprint density at radius 2 is 1.90 bits per heavy atom. The van der Waals surface area contributed by atoms with Crippen LogP contribution < -0.4 is 0 Å². The van der Waals surface area contributed by atoms with Crippen molar-refractivity contribution < 1.29 is 4.79 Å². The first-order chi connectivity index (χ1) is 4.72. The summed E-state index contributed by atoms with van der Waals surface area (Å²) < 4.78 is 0. The fraction of sp³-hybridized carbons (Fsp3) is 0.500. The predicted octanol–water partition coefficient (Wildman–Crippen LogP) is 2.66. The Morgan fingerprint density at radius 1 is 1.30 bits per heavy atom. The van der Waals surface area contributed by atoms with Crippen molar-refractivity contribution in [1.29, 1.82) is 0 Å². The number of alkyl halides is 3. The molecule has 0 fully saturated rings. The fourth-order valence-corrected chi connectivity index (χ4v) is 1.10. The molecule has 0 amide bonds. The summed E-state index contributed by atoms with van der Waals surface area (Å²) in [5.41, 5.74) is 0. The molecule has 0 rings (SSSR count). The highest BCUT2D eigenvalue weighted by atomic mass is 79.9. The number of hydrogen-bond acceptors (Lipinski definition) is 1. The number of allylic oxidation sites excluding steroid dienone is 2. The standard InChI is InChI=1S/C6H7Br3O/c7-3-1-2-5(8)6(9)4-10/h1-2,4-6H,3H2/b2-1+. The average molecular weight is 335 g/mol. The van der Waals surface area contributed by atoms with Gasteiger partial charge in [-0.1, -0.05) is 59.9 Å². The number of rotatable bonds is 4. The van der Waals surface area contributed by atoms with E-state index in [1.165, 1.54) is 0 Å². The molecule has 0 radical (unpaired) electrons. The lowest BCUT2D eigenvalue weighted by Gasteiger charge is -2.03. The maximum absolute atomic E-state index is 10.2. The van der Waals surface area contributed by atoms with Crippen molar-refractivity contribution in [2.45, 2.75) is 9.65 Å². The summed E-state index contributed by atoms with van der Waals surface area (Å²) in [6.45, 7) is 0. The highest BCUT2D eigenvalue weighted by Gasteiger charge is 2.09. The zero-order valence-corrected chi connectivity index (χ0v) is 9.89. The highest BCUT2D eigenvalue weighted by Crippen LogP contribution is 2.13. The first-order valence-corrected chi connectivity index (χ1v) is 5.63. The van der Waals surface area contributed by atoms with E-state index in [0.717, 1.165) is 11.6 Å². The van der Waals surface area contributed by atoms with Gasteiger partial charge in [0.05, 0.1) is 9.65 Å². The normalized spacial score (nSPS) is 17.1. The van der Waals surface area contributed by atoms with Crippen molar-refractivity contribution in [3.05, 3.63) is 12.2 Å². The Hall–Kier alpha value is 0.850. The number of aldehydes is 1. The van der Waals surface area contributed by atoms with Crippen LogP contribution >= 0.6 is 47.8 Å². The van der Waals surface area contributed by atoms with Gasteiger partial charge in [-0.2, -0.15) is 0 Å². The second-order valence-electron chi connectivity index (χ2n) is 1.61. The predicted molar refractivity (Wildman–Crippen MR) is 54.4 cm³/mol. The summed E-state index contributed by atoms with van der Waals surface area (Å²) in [5, 5.41) is 0.813. The van der Waals surface area contributed by atoms with Crippen molar-refractivity contribution in [3.63, 3.8) is 0 Å². The van der Waals surface area contributed by atoms with E-state index in [1.54, 1.807) is 0 Å². The Bertz CT molecular complexity index is 124. The number of carbonyl (C=O) groups is 1. The van der Waals surface area contributed by atoms with Crippen LogP contribution in [0.25, 0.3) is 0 Å². The minimum Gasteiger partial charge on any atom is -0.302 e. The molecule has 0 aromatic rings. The Balaban J connectivity index is 3.70. The molecular formula is C6H7Br3O. The first-order valence-electron chi connectivity index (χ1n) is 2.68. The van der Waals surface area contributed by atoms with Gasteiger partial charge >= 0.3 is 0 Å². The number of halogens is 3. The second-order valence-corrected chi connectivity index (χ2v) is 4.37. The van der Waals surface area contributed by atoms with Crippen molar-refractivity contribution in [3.8, 4) is 0 Å². The van der Waals surface area contributed by atoms with Crippen molar-refractivity contribution in [1.82, 2.24) is 0 Å². The molecule has 10 heavy (non-hydrogen) atoms. The summed E-state index contributed by atoms with van der Waals surface area (Å²) in [5.74, 6) is 0. The maximum atomic E-state index is 10.2. The zero-order chi connectivity index (χ0) is 7.98. The fourth-order valence-electron chi connectivity index (χ4n) is 0.363. The van der Waals surface area contributed by atoms with E-state index < -0.39 is 0 Å². The van der Waals surface area contributed by atoms with Gasteiger partial charge in [-0.05, 0) is 0 Å². The van der Waals surface area contributed by atoms with Gasteiger partial charge in [-0.25, -0.2) is 0 Å². The van der Waals surface area contributed by atoms with Crippen molar-refractivity contribution in [2.75, 3.05) is 5.33 Å². The molecule has 0 aromatic heterocycles. The summed E-state index contributed by atoms with van der Waals surface area (Å²) in [6, 6.07) is 0. The topological polar surface area (TPSA) is 17.1 Å². The quantitative estimate of drug-likeness (QED) is 0.439. The molecule has 0 heterocycles. The minimum absolute atomic E-state index is 0.0857. The van der Waals surface area contributed by atoms with Crippen LogP contribution in [-0.4, -0.2) is 21.3 Å². The Labute approximate surface area is 85.6 Å². The molecule has 2 unspecified atom stereocenters. The third-order valence-electron chi connectivity index (χ3n) is 0.843. The van der Waals surface area contributed by atoms with Gasteiger partial charge in [0.15, 0.2) is 0 Å². The number of hydrogen-bond donors (Lipinski definition) is 0. The van der Waals surface area contributed by atoms with Crippen LogP contribution in [0.1, 0.15) is 0 Å². The van der Waals surface area contributed by atoms with Gasteiger partial charge in [-0.15, -0.1) is 0 Å². The SMILES string of the molecule is O=CC(Br)C(Br)/C=C/CBr. The molecule has 0 bridgehead atoms. The molecule has 0 aromatic carbocycles. The molecule has 0 aliphatic rings. The Morgan fingerprint density at radius 3 is 2.30 bits per heavy atom. The van der Waals surface area contributed by atoms with Crippen LogP contribution in [0.15, 0.2) is 12.2 Å². The summed E-state index contributed by atoms with van der Waals surface area (Å²) in [4.78, 5) is 10.1. The van der Waals surface area contributed by atoms with Gasteiger partial charge in [0.1, 0.15) is 6.29 Å². The average Bonchev–Trinajstić information content (AvgIpc) is 1.98. The smallest absolute Gasteiger partial charge is 0.135 e. The van der Waals surface area contributed by atoms with Crippen LogP contribution in [0.5, 0.6) is 0 Å². The lowest BCUT2D eigenvalue weighted by Crippen LogP contribution is -2.11. The first kappa shape index (κ1) is 10.8. The van der Waals surface area contributed by atoms with E-state index >= 15 is 0 Å². The van der Waals surface area contributed by atoms with Crippen molar-refractivity contribution in [2.24, 2.45) is 0 Å². The van der Waals surface area contributed by atoms with Crippen LogP contribution in [-0.2, 0) is 4.79 Å². The van der Waals surface area contributed by atoms with E-state index in [-0.39, 0.29) is 9.65 Å². The molecule has 2 atom stereocenters. The van der Waals surface area contributed by atoms with Crippen LogP contribution in [0.2, 0.25) is 0 Å². The molecule has 58 valence electrons. The molecule has 0 N–H and O–H groups in total. The largest absolute Gasteiger partial charge is 0.302 e. The second kappa shape index (κ2) is 6.55. The minimum atomic E-state index is -0.136. The lowest BCUT2D eigenvalue weighted by atomic mass is 10.3. The highest BCUT2D eigenvalue weighted by molar-refractivity contribution is 9.12.